The molecule has 0 atom stereocenters. The van der Waals surface area contributed by atoms with Crippen LogP contribution in [-0.2, 0) is 6.61 Å². The lowest BCUT2D eigenvalue weighted by Gasteiger charge is -2.06. The zero-order valence-corrected chi connectivity index (χ0v) is 8.43. The van der Waals surface area contributed by atoms with E-state index < -0.39 is 5.82 Å². The molecule has 0 saturated carbocycles. The fourth-order valence-corrected chi connectivity index (χ4v) is 1.22. The van der Waals surface area contributed by atoms with Gasteiger partial charge in [0.1, 0.15) is 5.75 Å². The van der Waals surface area contributed by atoms with Crippen LogP contribution in [0.5, 0.6) is 11.6 Å². The quantitative estimate of drug-likeness (QED) is 0.862. The van der Waals surface area contributed by atoms with Crippen LogP contribution in [0.15, 0.2) is 42.5 Å². The second-order valence-corrected chi connectivity index (χ2v) is 3.16. The molecule has 4 heteroatoms. The summed E-state index contributed by atoms with van der Waals surface area (Å²) in [7, 11) is 0. The van der Waals surface area contributed by atoms with E-state index in [1.54, 1.807) is 24.3 Å². The fourth-order valence-electron chi connectivity index (χ4n) is 1.22. The first-order chi connectivity index (χ1) is 7.79. The maximum atomic E-state index is 13.3. The molecule has 3 nitrogen and oxygen atoms in total. The molecular weight excluding hydrogens is 209 g/mol. The van der Waals surface area contributed by atoms with Crippen LogP contribution in [-0.4, -0.2) is 10.1 Å². The number of halogens is 1. The normalized spacial score (nSPS) is 10.1. The van der Waals surface area contributed by atoms with E-state index in [0.717, 1.165) is 0 Å². The van der Waals surface area contributed by atoms with Crippen molar-refractivity contribution in [3.05, 3.63) is 54.0 Å². The maximum Gasteiger partial charge on any atom is 0.256 e. The molecular formula is C12H10FNO2. The van der Waals surface area contributed by atoms with E-state index in [1.807, 2.05) is 6.07 Å². The number of aromatic nitrogens is 1. The molecule has 0 aliphatic rings. The summed E-state index contributed by atoms with van der Waals surface area (Å²) in [5, 5.41) is 8.88. The fraction of sp³-hybridized carbons (Fsp3) is 0.0833. The van der Waals surface area contributed by atoms with E-state index in [2.05, 4.69) is 4.98 Å². The number of hydrogen-bond donors (Lipinski definition) is 1. The largest absolute Gasteiger partial charge is 0.436 e. The van der Waals surface area contributed by atoms with Gasteiger partial charge in [0.2, 0.25) is 0 Å². The number of pyridine rings is 1. The highest BCUT2D eigenvalue weighted by Gasteiger charge is 2.07. The van der Waals surface area contributed by atoms with Crippen molar-refractivity contribution >= 4 is 0 Å². The predicted molar refractivity (Wildman–Crippen MR) is 56.6 cm³/mol. The van der Waals surface area contributed by atoms with Gasteiger partial charge in [0, 0.05) is 0 Å². The van der Waals surface area contributed by atoms with Gasteiger partial charge in [-0.2, -0.15) is 0 Å². The zero-order valence-electron chi connectivity index (χ0n) is 8.43. The minimum atomic E-state index is -0.555. The van der Waals surface area contributed by atoms with Crippen molar-refractivity contribution in [3.63, 3.8) is 0 Å². The van der Waals surface area contributed by atoms with Gasteiger partial charge < -0.3 is 9.84 Å². The van der Waals surface area contributed by atoms with Crippen LogP contribution < -0.4 is 4.74 Å². The number of para-hydroxylation sites is 1. The molecule has 0 amide bonds. The summed E-state index contributed by atoms with van der Waals surface area (Å²) in [5.41, 5.74) is 0.368. The molecule has 1 N–H and O–H groups in total. The number of aliphatic hydroxyl groups is 1. The Morgan fingerprint density at radius 3 is 2.56 bits per heavy atom. The molecule has 1 aromatic carbocycles. The molecule has 0 radical (unpaired) electrons. The van der Waals surface area contributed by atoms with Crippen LogP contribution >= 0.6 is 0 Å². The van der Waals surface area contributed by atoms with Gasteiger partial charge in [-0.25, -0.2) is 9.37 Å². The van der Waals surface area contributed by atoms with Crippen LogP contribution in [0.2, 0.25) is 0 Å². The van der Waals surface area contributed by atoms with Crippen LogP contribution in [0.1, 0.15) is 5.69 Å². The third kappa shape index (κ3) is 2.35. The van der Waals surface area contributed by atoms with Gasteiger partial charge in [-0.05, 0) is 24.3 Å². The molecule has 0 aliphatic heterocycles. The monoisotopic (exact) mass is 219 g/mol. The van der Waals surface area contributed by atoms with E-state index in [0.29, 0.717) is 11.4 Å². The van der Waals surface area contributed by atoms with Crippen LogP contribution in [0, 0.1) is 5.82 Å². The van der Waals surface area contributed by atoms with Crippen molar-refractivity contribution in [2.75, 3.05) is 0 Å². The van der Waals surface area contributed by atoms with Crippen molar-refractivity contribution in [2.24, 2.45) is 0 Å². The number of hydrogen-bond acceptors (Lipinski definition) is 3. The number of aliphatic hydroxyl groups excluding tert-OH is 1. The van der Waals surface area contributed by atoms with Crippen molar-refractivity contribution < 1.29 is 14.2 Å². The van der Waals surface area contributed by atoms with Gasteiger partial charge >= 0.3 is 0 Å². The summed E-state index contributed by atoms with van der Waals surface area (Å²) in [4.78, 5) is 3.84. The summed E-state index contributed by atoms with van der Waals surface area (Å²) in [5.74, 6) is -0.178. The maximum absolute atomic E-state index is 13.3. The Morgan fingerprint density at radius 1 is 1.12 bits per heavy atom. The molecule has 0 saturated heterocycles. The highest BCUT2D eigenvalue weighted by molar-refractivity contribution is 5.28. The van der Waals surface area contributed by atoms with Crippen molar-refractivity contribution in [1.82, 2.24) is 4.98 Å². The smallest absolute Gasteiger partial charge is 0.256 e. The van der Waals surface area contributed by atoms with E-state index in [-0.39, 0.29) is 12.5 Å². The lowest BCUT2D eigenvalue weighted by atomic mass is 10.3. The zero-order chi connectivity index (χ0) is 11.4. The van der Waals surface area contributed by atoms with Gasteiger partial charge in [-0.15, -0.1) is 0 Å². The van der Waals surface area contributed by atoms with Gasteiger partial charge in [0.15, 0.2) is 5.82 Å². The number of ether oxygens (including phenoxy) is 1. The van der Waals surface area contributed by atoms with Crippen LogP contribution in [0.4, 0.5) is 4.39 Å². The first-order valence-electron chi connectivity index (χ1n) is 4.79. The van der Waals surface area contributed by atoms with E-state index >= 15 is 0 Å². The molecule has 16 heavy (non-hydrogen) atoms. The summed E-state index contributed by atoms with van der Waals surface area (Å²) in [6.07, 6.45) is 0. The molecule has 0 fully saturated rings. The van der Waals surface area contributed by atoms with Crippen LogP contribution in [0.3, 0.4) is 0 Å². The van der Waals surface area contributed by atoms with Crippen molar-refractivity contribution in [1.29, 1.82) is 0 Å². The molecule has 0 bridgehead atoms. The third-order valence-corrected chi connectivity index (χ3v) is 1.99. The SMILES string of the molecule is OCc1ccc(F)c(Oc2ccccc2)n1. The van der Waals surface area contributed by atoms with Crippen molar-refractivity contribution in [3.8, 4) is 11.6 Å². The third-order valence-electron chi connectivity index (χ3n) is 1.99. The molecule has 0 aliphatic carbocycles. The minimum Gasteiger partial charge on any atom is -0.436 e. The Morgan fingerprint density at radius 2 is 1.88 bits per heavy atom. The van der Waals surface area contributed by atoms with E-state index in [1.165, 1.54) is 12.1 Å². The average Bonchev–Trinajstić information content (AvgIpc) is 2.33. The average molecular weight is 219 g/mol. The summed E-state index contributed by atoms with van der Waals surface area (Å²) >= 11 is 0. The Hall–Kier alpha value is -1.94. The second-order valence-electron chi connectivity index (χ2n) is 3.16. The Balaban J connectivity index is 2.27. The van der Waals surface area contributed by atoms with Gasteiger partial charge in [0.25, 0.3) is 5.88 Å². The molecule has 82 valence electrons. The van der Waals surface area contributed by atoms with Crippen LogP contribution in [0.25, 0.3) is 0 Å². The molecule has 0 spiro atoms. The standard InChI is InChI=1S/C12H10FNO2/c13-11-7-6-9(8-15)14-12(11)16-10-4-2-1-3-5-10/h1-7,15H,8H2. The second kappa shape index (κ2) is 4.72. The van der Waals surface area contributed by atoms with Crippen molar-refractivity contribution in [2.45, 2.75) is 6.61 Å². The Kier molecular flexibility index (Phi) is 3.12. The van der Waals surface area contributed by atoms with Gasteiger partial charge in [-0.3, -0.25) is 0 Å². The predicted octanol–water partition coefficient (Wildman–Crippen LogP) is 2.51. The molecule has 0 unspecified atom stereocenters. The number of rotatable bonds is 3. The van der Waals surface area contributed by atoms with E-state index in [4.69, 9.17) is 9.84 Å². The molecule has 2 aromatic rings. The first-order valence-corrected chi connectivity index (χ1v) is 4.79. The Bertz CT molecular complexity index is 474. The minimum absolute atomic E-state index is 0.127. The number of benzene rings is 1. The highest BCUT2D eigenvalue weighted by atomic mass is 19.1. The molecule has 1 heterocycles. The summed E-state index contributed by atoms with van der Waals surface area (Å²) in [6, 6.07) is 11.4. The number of nitrogens with zero attached hydrogens (tertiary/aromatic N) is 1. The van der Waals surface area contributed by atoms with Gasteiger partial charge in [0.05, 0.1) is 12.3 Å². The van der Waals surface area contributed by atoms with E-state index in [9.17, 15) is 4.39 Å². The Labute approximate surface area is 92.1 Å². The summed E-state index contributed by atoms with van der Waals surface area (Å²) < 4.78 is 18.6. The lowest BCUT2D eigenvalue weighted by molar-refractivity contribution is 0.274. The molecule has 1 aromatic heterocycles. The van der Waals surface area contributed by atoms with Gasteiger partial charge in [-0.1, -0.05) is 18.2 Å². The topological polar surface area (TPSA) is 42.4 Å². The lowest BCUT2D eigenvalue weighted by Crippen LogP contribution is -1.96. The highest BCUT2D eigenvalue weighted by Crippen LogP contribution is 2.22. The molecule has 2 rings (SSSR count). The summed E-state index contributed by atoms with van der Waals surface area (Å²) in [6.45, 7) is -0.245. The first kappa shape index (κ1) is 10.6.